The molecule has 0 aliphatic heterocycles. The van der Waals surface area contributed by atoms with Crippen molar-refractivity contribution in [1.82, 2.24) is 19.1 Å². The fourth-order valence-electron chi connectivity index (χ4n) is 3.09. The number of benzene rings is 2. The number of nitro groups is 1. The Bertz CT molecular complexity index is 1190. The summed E-state index contributed by atoms with van der Waals surface area (Å²) in [6, 6.07) is 14.9. The smallest absolute Gasteiger partial charge is 0.273 e. The van der Waals surface area contributed by atoms with Gasteiger partial charge in [-0.15, -0.1) is 5.10 Å². The Labute approximate surface area is 164 Å². The molecule has 0 unspecified atom stereocenters. The van der Waals surface area contributed by atoms with Crippen LogP contribution in [-0.2, 0) is 13.2 Å². The van der Waals surface area contributed by atoms with Gasteiger partial charge in [-0.05, 0) is 30.9 Å². The molecule has 0 bridgehead atoms. The summed E-state index contributed by atoms with van der Waals surface area (Å²) in [5, 5.41) is 15.9. The number of hydrogen-bond donors (Lipinski definition) is 0. The van der Waals surface area contributed by atoms with Crippen molar-refractivity contribution < 1.29 is 4.92 Å². The number of nitro benzene ring substituents is 1. The van der Waals surface area contributed by atoms with Crippen LogP contribution in [0.1, 0.15) is 12.5 Å². The van der Waals surface area contributed by atoms with Gasteiger partial charge in [0.05, 0.1) is 21.8 Å². The molecule has 2 heterocycles. The van der Waals surface area contributed by atoms with Crippen molar-refractivity contribution in [3.05, 3.63) is 69.0 Å². The predicted molar refractivity (Wildman–Crippen MR) is 109 cm³/mol. The molecule has 0 fully saturated rings. The second-order valence-corrected chi connectivity index (χ2v) is 7.52. The van der Waals surface area contributed by atoms with Gasteiger partial charge in [-0.1, -0.05) is 48.6 Å². The fraction of sp³-hybridized carbons (Fsp3) is 0.222. The normalized spacial score (nSPS) is 11.6. The van der Waals surface area contributed by atoms with Crippen LogP contribution in [0.25, 0.3) is 15.2 Å². The molecule has 9 heteroatoms. The zero-order chi connectivity index (χ0) is 19.0. The van der Waals surface area contributed by atoms with E-state index in [-0.39, 0.29) is 10.6 Å². The van der Waals surface area contributed by atoms with E-state index in [9.17, 15) is 10.1 Å². The summed E-state index contributed by atoms with van der Waals surface area (Å²) in [6.07, 6.45) is 0. The molecule has 0 spiro atoms. The maximum atomic E-state index is 11.3. The lowest BCUT2D eigenvalue weighted by Gasteiger charge is -2.20. The summed E-state index contributed by atoms with van der Waals surface area (Å²) in [7, 11) is 0. The minimum Gasteiger partial charge on any atom is -0.280 e. The number of fused-ring (bicyclic) bond motifs is 3. The molecule has 0 atom stereocenters. The monoisotopic (exact) mass is 399 g/mol. The molecule has 0 amide bonds. The van der Waals surface area contributed by atoms with Crippen LogP contribution in [0.2, 0.25) is 0 Å². The molecule has 0 aliphatic rings. The first-order valence-electron chi connectivity index (χ1n) is 8.50. The van der Waals surface area contributed by atoms with E-state index in [0.717, 1.165) is 21.7 Å². The third-order valence-corrected chi connectivity index (χ3v) is 5.89. The Morgan fingerprint density at radius 1 is 1.22 bits per heavy atom. The average Bonchev–Trinajstić information content (AvgIpc) is 3.18. The summed E-state index contributed by atoms with van der Waals surface area (Å²) in [5.41, 5.74) is 1.87. The Kier molecular flexibility index (Phi) is 4.73. The number of nitrogens with zero attached hydrogens (tertiary/aromatic N) is 5. The first kappa shape index (κ1) is 17.8. The standard InChI is InChI=1S/C18H17N5O2S2/c1-2-20(11-13-7-3-4-8-14(13)23(24)25)12-21-18(26)22-15-9-5-6-10-16(15)27-17(22)19-21/h3-10H,2,11-12H2,1H3. The van der Waals surface area contributed by atoms with Crippen LogP contribution in [-0.4, -0.2) is 30.5 Å². The molecule has 0 aliphatic carbocycles. The average molecular weight is 400 g/mol. The highest BCUT2D eigenvalue weighted by Gasteiger charge is 2.17. The van der Waals surface area contributed by atoms with E-state index in [0.29, 0.717) is 23.5 Å². The van der Waals surface area contributed by atoms with E-state index in [4.69, 9.17) is 12.2 Å². The number of rotatable bonds is 6. The Morgan fingerprint density at radius 3 is 2.74 bits per heavy atom. The lowest BCUT2D eigenvalue weighted by molar-refractivity contribution is -0.385. The Balaban J connectivity index is 1.65. The van der Waals surface area contributed by atoms with Crippen LogP contribution >= 0.6 is 23.6 Å². The van der Waals surface area contributed by atoms with Gasteiger partial charge in [0.2, 0.25) is 9.73 Å². The largest absolute Gasteiger partial charge is 0.280 e. The van der Waals surface area contributed by atoms with Crippen LogP contribution in [0.3, 0.4) is 0 Å². The topological polar surface area (TPSA) is 68.6 Å². The van der Waals surface area contributed by atoms with Crippen molar-refractivity contribution in [2.75, 3.05) is 6.54 Å². The zero-order valence-corrected chi connectivity index (χ0v) is 16.2. The molecular formula is C18H17N5O2S2. The lowest BCUT2D eigenvalue weighted by Crippen LogP contribution is -2.27. The van der Waals surface area contributed by atoms with Gasteiger partial charge < -0.3 is 0 Å². The number of aromatic nitrogens is 3. The lowest BCUT2D eigenvalue weighted by atomic mass is 10.1. The molecule has 0 N–H and O–H groups in total. The molecule has 0 saturated heterocycles. The van der Waals surface area contributed by atoms with Gasteiger partial charge in [-0.3, -0.25) is 19.4 Å². The molecule has 4 aromatic rings. The first-order chi connectivity index (χ1) is 13.1. The third kappa shape index (κ3) is 3.25. The van der Waals surface area contributed by atoms with Crippen molar-refractivity contribution in [1.29, 1.82) is 0 Å². The number of para-hydroxylation sites is 2. The fourth-order valence-corrected chi connectivity index (χ4v) is 4.46. The molecule has 7 nitrogen and oxygen atoms in total. The van der Waals surface area contributed by atoms with Gasteiger partial charge in [-0.25, -0.2) is 4.68 Å². The van der Waals surface area contributed by atoms with Gasteiger partial charge in [-0.2, -0.15) is 0 Å². The Morgan fingerprint density at radius 2 is 1.96 bits per heavy atom. The summed E-state index contributed by atoms with van der Waals surface area (Å²) in [6.45, 7) is 3.68. The van der Waals surface area contributed by atoms with E-state index >= 15 is 0 Å². The highest BCUT2D eigenvalue weighted by atomic mass is 32.1. The number of hydrogen-bond acceptors (Lipinski definition) is 6. The first-order valence-corrected chi connectivity index (χ1v) is 9.72. The van der Waals surface area contributed by atoms with Crippen molar-refractivity contribution >= 4 is 44.4 Å². The molecule has 27 heavy (non-hydrogen) atoms. The van der Waals surface area contributed by atoms with E-state index in [1.807, 2.05) is 35.6 Å². The molecule has 2 aromatic heterocycles. The maximum absolute atomic E-state index is 11.3. The SMILES string of the molecule is CCN(Cc1ccccc1[N+](=O)[O-])Cn1nc2sc3ccccc3n2c1=S. The maximum Gasteiger partial charge on any atom is 0.273 e. The predicted octanol–water partition coefficient (Wildman–Crippen LogP) is 4.47. The van der Waals surface area contributed by atoms with E-state index in [2.05, 4.69) is 16.1 Å². The summed E-state index contributed by atoms with van der Waals surface area (Å²) in [4.78, 5) is 13.9. The van der Waals surface area contributed by atoms with Gasteiger partial charge in [0.15, 0.2) is 0 Å². The van der Waals surface area contributed by atoms with Crippen LogP contribution < -0.4 is 0 Å². The molecular weight excluding hydrogens is 382 g/mol. The molecule has 138 valence electrons. The summed E-state index contributed by atoms with van der Waals surface area (Å²) >= 11 is 7.24. The highest BCUT2D eigenvalue weighted by Crippen LogP contribution is 2.26. The molecule has 4 rings (SSSR count). The quantitative estimate of drug-likeness (QED) is 0.272. The van der Waals surface area contributed by atoms with Crippen molar-refractivity contribution in [2.24, 2.45) is 0 Å². The van der Waals surface area contributed by atoms with Gasteiger partial charge in [0.1, 0.15) is 0 Å². The summed E-state index contributed by atoms with van der Waals surface area (Å²) < 4.78 is 5.54. The van der Waals surface area contributed by atoms with Gasteiger partial charge >= 0.3 is 0 Å². The van der Waals surface area contributed by atoms with Crippen LogP contribution in [0, 0.1) is 14.9 Å². The number of thiazole rings is 1. The van der Waals surface area contributed by atoms with Crippen LogP contribution in [0.5, 0.6) is 0 Å². The molecule has 0 radical (unpaired) electrons. The Hall–Kier alpha value is -2.62. The van der Waals surface area contributed by atoms with Crippen molar-refractivity contribution in [3.8, 4) is 0 Å². The third-order valence-electron chi connectivity index (χ3n) is 4.48. The minimum atomic E-state index is -0.340. The van der Waals surface area contributed by atoms with E-state index in [1.54, 1.807) is 28.2 Å². The van der Waals surface area contributed by atoms with Gasteiger partial charge in [0, 0.05) is 18.2 Å². The molecule has 0 saturated carbocycles. The van der Waals surface area contributed by atoms with Crippen LogP contribution in [0.4, 0.5) is 5.69 Å². The van der Waals surface area contributed by atoms with E-state index in [1.165, 1.54) is 6.07 Å². The van der Waals surface area contributed by atoms with E-state index < -0.39 is 0 Å². The second kappa shape index (κ2) is 7.18. The zero-order valence-electron chi connectivity index (χ0n) is 14.6. The highest BCUT2D eigenvalue weighted by molar-refractivity contribution is 7.71. The van der Waals surface area contributed by atoms with Crippen molar-refractivity contribution in [2.45, 2.75) is 20.1 Å². The van der Waals surface area contributed by atoms with Gasteiger partial charge in [0.25, 0.3) is 5.69 Å². The summed E-state index contributed by atoms with van der Waals surface area (Å²) in [5.74, 6) is 0. The van der Waals surface area contributed by atoms with Crippen molar-refractivity contribution in [3.63, 3.8) is 0 Å². The van der Waals surface area contributed by atoms with Crippen LogP contribution in [0.15, 0.2) is 48.5 Å². The minimum absolute atomic E-state index is 0.136. The molecule has 2 aromatic carbocycles. The second-order valence-electron chi connectivity index (χ2n) is 6.14.